The number of Topliss-reactive ketones (excluding diaryl/α,β-unsaturated/α-hetero) is 1. The SMILES string of the molecule is O=C1CCN(C(=O)c2ccc(COc3ccc(Cl)cc3[N+](=O)[O-])cc2)[C@@H]2CCCC[C@@H]12. The molecule has 1 heterocycles. The number of nitrogens with zero attached hydrogens (tertiary/aromatic N) is 2. The Labute approximate surface area is 185 Å². The van der Waals surface area contributed by atoms with Crippen LogP contribution in [0.4, 0.5) is 5.69 Å². The summed E-state index contributed by atoms with van der Waals surface area (Å²) < 4.78 is 5.61. The van der Waals surface area contributed by atoms with Crippen LogP contribution in [0.2, 0.25) is 5.02 Å². The zero-order valence-electron chi connectivity index (χ0n) is 17.0. The number of ketones is 1. The molecule has 31 heavy (non-hydrogen) atoms. The van der Waals surface area contributed by atoms with E-state index in [-0.39, 0.29) is 46.7 Å². The van der Waals surface area contributed by atoms with Gasteiger partial charge >= 0.3 is 5.69 Å². The molecule has 2 aliphatic rings. The van der Waals surface area contributed by atoms with E-state index in [1.807, 2.05) is 4.90 Å². The van der Waals surface area contributed by atoms with E-state index in [0.29, 0.717) is 18.5 Å². The van der Waals surface area contributed by atoms with Gasteiger partial charge in [0.15, 0.2) is 5.75 Å². The third kappa shape index (κ3) is 4.56. The number of hydrogen-bond acceptors (Lipinski definition) is 5. The summed E-state index contributed by atoms with van der Waals surface area (Å²) in [6.45, 7) is 0.601. The molecule has 1 saturated carbocycles. The Morgan fingerprint density at radius 3 is 2.65 bits per heavy atom. The summed E-state index contributed by atoms with van der Waals surface area (Å²) in [7, 11) is 0. The molecule has 162 valence electrons. The molecule has 0 aromatic heterocycles. The molecule has 1 aliphatic heterocycles. The number of fused-ring (bicyclic) bond motifs is 1. The minimum Gasteiger partial charge on any atom is -0.482 e. The van der Waals surface area contributed by atoms with Gasteiger partial charge in [-0.15, -0.1) is 0 Å². The van der Waals surface area contributed by atoms with Gasteiger partial charge in [-0.05, 0) is 42.7 Å². The maximum atomic E-state index is 13.1. The molecule has 2 atom stereocenters. The zero-order chi connectivity index (χ0) is 22.0. The fourth-order valence-corrected chi connectivity index (χ4v) is 4.69. The number of benzene rings is 2. The smallest absolute Gasteiger partial charge is 0.312 e. The maximum absolute atomic E-state index is 13.1. The lowest BCUT2D eigenvalue weighted by molar-refractivity contribution is -0.385. The normalized spacial score (nSPS) is 20.8. The Morgan fingerprint density at radius 2 is 1.90 bits per heavy atom. The Bertz CT molecular complexity index is 1010. The van der Waals surface area contributed by atoms with Gasteiger partial charge in [-0.1, -0.05) is 36.6 Å². The van der Waals surface area contributed by atoms with Crippen LogP contribution in [-0.4, -0.2) is 34.1 Å². The van der Waals surface area contributed by atoms with E-state index >= 15 is 0 Å². The van der Waals surface area contributed by atoms with Gasteiger partial charge in [0.2, 0.25) is 0 Å². The Hall–Kier alpha value is -2.93. The topological polar surface area (TPSA) is 89.8 Å². The van der Waals surface area contributed by atoms with Crippen LogP contribution in [-0.2, 0) is 11.4 Å². The molecule has 0 bridgehead atoms. The molecule has 2 aromatic rings. The molecule has 7 nitrogen and oxygen atoms in total. The minimum atomic E-state index is -0.537. The first kappa shape index (κ1) is 21.3. The third-order valence-electron chi connectivity index (χ3n) is 6.12. The van der Waals surface area contributed by atoms with Crippen LogP contribution in [0.1, 0.15) is 48.0 Å². The lowest BCUT2D eigenvalue weighted by atomic mass is 9.77. The van der Waals surface area contributed by atoms with E-state index in [1.54, 1.807) is 24.3 Å². The van der Waals surface area contributed by atoms with Crippen molar-refractivity contribution in [3.8, 4) is 5.75 Å². The number of carbonyl (C=O) groups excluding carboxylic acids is 2. The summed E-state index contributed by atoms with van der Waals surface area (Å²) in [5.74, 6) is 0.355. The predicted octanol–water partition coefficient (Wildman–Crippen LogP) is 4.80. The molecule has 8 heteroatoms. The monoisotopic (exact) mass is 442 g/mol. The van der Waals surface area contributed by atoms with Crippen molar-refractivity contribution in [3.63, 3.8) is 0 Å². The van der Waals surface area contributed by atoms with E-state index in [2.05, 4.69) is 0 Å². The first-order valence-electron chi connectivity index (χ1n) is 10.4. The van der Waals surface area contributed by atoms with E-state index in [0.717, 1.165) is 31.2 Å². The summed E-state index contributed by atoms with van der Waals surface area (Å²) in [6.07, 6.45) is 4.29. The first-order valence-corrected chi connectivity index (χ1v) is 10.8. The quantitative estimate of drug-likeness (QED) is 0.490. The van der Waals surface area contributed by atoms with Gasteiger partial charge in [-0.25, -0.2) is 0 Å². The second-order valence-electron chi connectivity index (χ2n) is 8.03. The van der Waals surface area contributed by atoms with Crippen molar-refractivity contribution >= 4 is 29.0 Å². The number of nitro groups is 1. The number of rotatable bonds is 5. The van der Waals surface area contributed by atoms with Gasteiger partial charge < -0.3 is 9.64 Å². The number of ether oxygens (including phenoxy) is 1. The molecular weight excluding hydrogens is 420 g/mol. The fourth-order valence-electron chi connectivity index (χ4n) is 4.52. The van der Waals surface area contributed by atoms with Crippen LogP contribution >= 0.6 is 11.6 Å². The van der Waals surface area contributed by atoms with Crippen molar-refractivity contribution in [2.45, 2.75) is 44.8 Å². The molecule has 0 radical (unpaired) electrons. The Balaban J connectivity index is 1.43. The second-order valence-corrected chi connectivity index (χ2v) is 8.46. The maximum Gasteiger partial charge on any atom is 0.312 e. The van der Waals surface area contributed by atoms with Gasteiger partial charge in [0.25, 0.3) is 5.91 Å². The van der Waals surface area contributed by atoms with Crippen LogP contribution in [0.25, 0.3) is 0 Å². The van der Waals surface area contributed by atoms with E-state index in [9.17, 15) is 19.7 Å². The Kier molecular flexibility index (Phi) is 6.23. The number of amides is 1. The molecular formula is C23H23ClN2O5. The first-order chi connectivity index (χ1) is 14.9. The minimum absolute atomic E-state index is 0.0102. The van der Waals surface area contributed by atoms with E-state index in [4.69, 9.17) is 16.3 Å². The molecule has 2 aromatic carbocycles. The van der Waals surface area contributed by atoms with Crippen molar-refractivity contribution < 1.29 is 19.2 Å². The highest BCUT2D eigenvalue weighted by molar-refractivity contribution is 6.30. The number of carbonyl (C=O) groups is 2. The van der Waals surface area contributed by atoms with Crippen molar-refractivity contribution in [2.75, 3.05) is 6.54 Å². The van der Waals surface area contributed by atoms with Crippen LogP contribution in [0.15, 0.2) is 42.5 Å². The summed E-state index contributed by atoms with van der Waals surface area (Å²) in [6, 6.07) is 11.3. The molecule has 1 amide bonds. The van der Waals surface area contributed by atoms with Crippen LogP contribution < -0.4 is 4.74 Å². The second kappa shape index (κ2) is 9.06. The average Bonchev–Trinajstić information content (AvgIpc) is 2.78. The van der Waals surface area contributed by atoms with Crippen molar-refractivity contribution in [1.29, 1.82) is 0 Å². The van der Waals surface area contributed by atoms with Crippen LogP contribution in [0.3, 0.4) is 0 Å². The fraction of sp³-hybridized carbons (Fsp3) is 0.391. The molecule has 0 N–H and O–H groups in total. The number of hydrogen-bond donors (Lipinski definition) is 0. The van der Waals surface area contributed by atoms with Gasteiger partial charge in [0.1, 0.15) is 12.4 Å². The zero-order valence-corrected chi connectivity index (χ0v) is 17.7. The molecule has 1 saturated heterocycles. The third-order valence-corrected chi connectivity index (χ3v) is 6.35. The van der Waals surface area contributed by atoms with Gasteiger partial charge in [0, 0.05) is 41.6 Å². The predicted molar refractivity (Wildman–Crippen MR) is 115 cm³/mol. The van der Waals surface area contributed by atoms with Crippen LogP contribution in [0, 0.1) is 16.0 Å². The molecule has 0 unspecified atom stereocenters. The van der Waals surface area contributed by atoms with Crippen LogP contribution in [0.5, 0.6) is 5.75 Å². The highest BCUT2D eigenvalue weighted by Gasteiger charge is 2.40. The summed E-state index contributed by atoms with van der Waals surface area (Å²) in [5, 5.41) is 11.4. The van der Waals surface area contributed by atoms with Crippen molar-refractivity contribution in [2.24, 2.45) is 5.92 Å². The summed E-state index contributed by atoms with van der Waals surface area (Å²) in [4.78, 5) is 37.9. The largest absolute Gasteiger partial charge is 0.482 e. The molecule has 4 rings (SSSR count). The lowest BCUT2D eigenvalue weighted by Gasteiger charge is -2.43. The molecule has 1 aliphatic carbocycles. The number of piperidine rings is 1. The highest BCUT2D eigenvalue weighted by atomic mass is 35.5. The summed E-state index contributed by atoms with van der Waals surface area (Å²) in [5.41, 5.74) is 1.16. The number of halogens is 1. The Morgan fingerprint density at radius 1 is 1.16 bits per heavy atom. The molecule has 0 spiro atoms. The van der Waals surface area contributed by atoms with Gasteiger partial charge in [0.05, 0.1) is 4.92 Å². The van der Waals surface area contributed by atoms with E-state index < -0.39 is 4.92 Å². The van der Waals surface area contributed by atoms with Crippen molar-refractivity contribution in [1.82, 2.24) is 4.90 Å². The standard InChI is InChI=1S/C23H23ClN2O5/c24-17-9-10-22(20(13-17)26(29)30)31-14-15-5-7-16(8-6-15)23(28)25-12-11-21(27)18-3-1-2-4-19(18)25/h5-10,13,18-19H,1-4,11-12,14H2/t18-,19-/m1/s1. The highest BCUT2D eigenvalue weighted by Crippen LogP contribution is 2.34. The number of likely N-dealkylation sites (tertiary alicyclic amines) is 1. The summed E-state index contributed by atoms with van der Waals surface area (Å²) >= 11 is 5.83. The van der Waals surface area contributed by atoms with Crippen molar-refractivity contribution in [3.05, 3.63) is 68.7 Å². The number of nitro benzene ring substituents is 1. The van der Waals surface area contributed by atoms with Gasteiger partial charge in [-0.2, -0.15) is 0 Å². The lowest BCUT2D eigenvalue weighted by Crippen LogP contribution is -2.53. The molecule has 2 fully saturated rings. The van der Waals surface area contributed by atoms with Gasteiger partial charge in [-0.3, -0.25) is 19.7 Å². The average molecular weight is 443 g/mol. The van der Waals surface area contributed by atoms with E-state index in [1.165, 1.54) is 18.2 Å².